The van der Waals surface area contributed by atoms with Crippen molar-refractivity contribution in [3.8, 4) is 0 Å². The number of amides is 2. The van der Waals surface area contributed by atoms with E-state index >= 15 is 0 Å². The van der Waals surface area contributed by atoms with Crippen LogP contribution in [0.1, 0.15) is 29.6 Å². The summed E-state index contributed by atoms with van der Waals surface area (Å²) in [7, 11) is 0. The Bertz CT molecular complexity index is 578. The topological polar surface area (TPSA) is 91.6 Å². The third-order valence-electron chi connectivity index (χ3n) is 4.57. The number of hydrogen-bond donors (Lipinski definition) is 2. The Morgan fingerprint density at radius 2 is 2.09 bits per heavy atom. The molecule has 0 aromatic carbocycles. The highest BCUT2D eigenvalue weighted by molar-refractivity contribution is 5.97. The highest BCUT2D eigenvalue weighted by Crippen LogP contribution is 2.19. The smallest absolute Gasteiger partial charge is 0.252 e. The molecule has 1 aromatic heterocycles. The molecule has 2 fully saturated rings. The lowest BCUT2D eigenvalue weighted by Gasteiger charge is -2.36. The number of aromatic nitrogens is 1. The first-order chi connectivity index (χ1) is 11.1. The number of nitrogens with one attached hydrogen (secondary N) is 1. The van der Waals surface area contributed by atoms with Crippen molar-refractivity contribution in [3.05, 3.63) is 23.9 Å². The van der Waals surface area contributed by atoms with E-state index in [1.807, 2.05) is 9.80 Å². The van der Waals surface area contributed by atoms with E-state index < -0.39 is 5.91 Å². The quantitative estimate of drug-likeness (QED) is 0.814. The molecule has 0 aliphatic carbocycles. The van der Waals surface area contributed by atoms with Crippen molar-refractivity contribution in [2.75, 3.05) is 37.6 Å². The molecule has 2 amide bonds. The van der Waals surface area contributed by atoms with Crippen molar-refractivity contribution in [1.29, 1.82) is 0 Å². The Morgan fingerprint density at radius 3 is 2.74 bits per heavy atom. The van der Waals surface area contributed by atoms with E-state index in [0.717, 1.165) is 19.4 Å². The van der Waals surface area contributed by atoms with Crippen molar-refractivity contribution in [2.45, 2.75) is 25.3 Å². The summed E-state index contributed by atoms with van der Waals surface area (Å²) in [6, 6.07) is 3.73. The van der Waals surface area contributed by atoms with Crippen LogP contribution in [-0.2, 0) is 4.79 Å². The highest BCUT2D eigenvalue weighted by atomic mass is 16.2. The number of hydrogen-bond acceptors (Lipinski definition) is 5. The average molecular weight is 317 g/mol. The number of primary amides is 1. The van der Waals surface area contributed by atoms with Crippen molar-refractivity contribution in [2.24, 2.45) is 5.73 Å². The van der Waals surface area contributed by atoms with E-state index in [1.165, 1.54) is 0 Å². The normalized spacial score (nSPS) is 21.5. The van der Waals surface area contributed by atoms with Crippen LogP contribution in [0.5, 0.6) is 0 Å². The molecule has 3 heterocycles. The minimum absolute atomic E-state index is 0.209. The van der Waals surface area contributed by atoms with Crippen LogP contribution in [0.3, 0.4) is 0 Å². The lowest BCUT2D eigenvalue weighted by molar-refractivity contribution is -0.131. The number of piperazine rings is 1. The van der Waals surface area contributed by atoms with Gasteiger partial charge in [0, 0.05) is 44.8 Å². The minimum atomic E-state index is -0.473. The monoisotopic (exact) mass is 317 g/mol. The number of anilines is 1. The van der Waals surface area contributed by atoms with E-state index in [9.17, 15) is 9.59 Å². The summed E-state index contributed by atoms with van der Waals surface area (Å²) < 4.78 is 0. The lowest BCUT2D eigenvalue weighted by atomic mass is 10.1. The van der Waals surface area contributed by atoms with Crippen LogP contribution < -0.4 is 16.0 Å². The first-order valence-electron chi connectivity index (χ1n) is 8.16. The number of nitrogens with two attached hydrogens (primary N) is 1. The molecule has 2 saturated heterocycles. The second-order valence-electron chi connectivity index (χ2n) is 6.10. The van der Waals surface area contributed by atoms with Gasteiger partial charge in [0.2, 0.25) is 5.91 Å². The van der Waals surface area contributed by atoms with Crippen LogP contribution in [0.15, 0.2) is 18.3 Å². The number of pyridine rings is 1. The SMILES string of the molecule is NC(=O)c1cccnc1N1CCN(C(=O)CC2CCCN2)CC1. The van der Waals surface area contributed by atoms with Crippen LogP contribution in [0.4, 0.5) is 5.82 Å². The summed E-state index contributed by atoms with van der Waals surface area (Å²) in [4.78, 5) is 32.1. The van der Waals surface area contributed by atoms with Gasteiger partial charge in [-0.15, -0.1) is 0 Å². The van der Waals surface area contributed by atoms with Crippen LogP contribution in [0.2, 0.25) is 0 Å². The fourth-order valence-electron chi connectivity index (χ4n) is 3.28. The number of carbonyl (C=O) groups excluding carboxylic acids is 2. The van der Waals surface area contributed by atoms with Gasteiger partial charge in [0.1, 0.15) is 5.82 Å². The second-order valence-corrected chi connectivity index (χ2v) is 6.10. The minimum Gasteiger partial charge on any atom is -0.365 e. The molecule has 1 aromatic rings. The number of carbonyl (C=O) groups is 2. The molecule has 0 bridgehead atoms. The molecule has 0 spiro atoms. The van der Waals surface area contributed by atoms with E-state index in [1.54, 1.807) is 18.3 Å². The average Bonchev–Trinajstić information content (AvgIpc) is 3.08. The zero-order valence-corrected chi connectivity index (χ0v) is 13.2. The van der Waals surface area contributed by atoms with Crippen molar-refractivity contribution >= 4 is 17.6 Å². The summed E-state index contributed by atoms with van der Waals surface area (Å²) >= 11 is 0. The van der Waals surface area contributed by atoms with Gasteiger partial charge in [-0.1, -0.05) is 0 Å². The number of rotatable bonds is 4. The van der Waals surface area contributed by atoms with Gasteiger partial charge in [0.15, 0.2) is 0 Å². The highest BCUT2D eigenvalue weighted by Gasteiger charge is 2.26. The Morgan fingerprint density at radius 1 is 1.30 bits per heavy atom. The zero-order chi connectivity index (χ0) is 16.2. The maximum absolute atomic E-state index is 12.4. The van der Waals surface area contributed by atoms with Crippen LogP contribution >= 0.6 is 0 Å². The van der Waals surface area contributed by atoms with Crippen molar-refractivity contribution < 1.29 is 9.59 Å². The third kappa shape index (κ3) is 3.61. The van der Waals surface area contributed by atoms with Crippen molar-refractivity contribution in [1.82, 2.24) is 15.2 Å². The predicted octanol–water partition coefficient (Wildman–Crippen LogP) is -0.0288. The van der Waals surface area contributed by atoms with Gasteiger partial charge < -0.3 is 20.9 Å². The second kappa shape index (κ2) is 6.95. The van der Waals surface area contributed by atoms with Crippen LogP contribution in [-0.4, -0.2) is 60.5 Å². The predicted molar refractivity (Wildman–Crippen MR) is 87.2 cm³/mol. The largest absolute Gasteiger partial charge is 0.365 e. The number of nitrogens with zero attached hydrogens (tertiary/aromatic N) is 3. The van der Waals surface area contributed by atoms with E-state index in [0.29, 0.717) is 50.0 Å². The molecular formula is C16H23N5O2. The summed E-state index contributed by atoms with van der Waals surface area (Å²) in [5.74, 6) is 0.351. The van der Waals surface area contributed by atoms with E-state index in [-0.39, 0.29) is 5.91 Å². The fourth-order valence-corrected chi connectivity index (χ4v) is 3.28. The molecule has 2 aliphatic heterocycles. The lowest BCUT2D eigenvalue weighted by Crippen LogP contribution is -2.50. The van der Waals surface area contributed by atoms with Gasteiger partial charge in [0.05, 0.1) is 5.56 Å². The van der Waals surface area contributed by atoms with Crippen LogP contribution in [0.25, 0.3) is 0 Å². The molecule has 3 N–H and O–H groups in total. The van der Waals surface area contributed by atoms with Gasteiger partial charge >= 0.3 is 0 Å². The van der Waals surface area contributed by atoms with Gasteiger partial charge in [0.25, 0.3) is 5.91 Å². The first-order valence-corrected chi connectivity index (χ1v) is 8.16. The molecule has 23 heavy (non-hydrogen) atoms. The molecule has 3 rings (SSSR count). The summed E-state index contributed by atoms with van der Waals surface area (Å²) in [5, 5.41) is 3.36. The molecule has 2 aliphatic rings. The first kappa shape index (κ1) is 15.7. The van der Waals surface area contributed by atoms with Gasteiger partial charge in [-0.05, 0) is 31.5 Å². The summed E-state index contributed by atoms with van der Waals surface area (Å²) in [6.45, 7) is 3.66. The standard InChI is InChI=1S/C16H23N5O2/c17-15(23)13-4-2-6-19-16(13)21-9-7-20(8-10-21)14(22)11-12-3-1-5-18-12/h2,4,6,12,18H,1,3,5,7-11H2,(H2,17,23). The zero-order valence-electron chi connectivity index (χ0n) is 13.2. The van der Waals surface area contributed by atoms with E-state index in [2.05, 4.69) is 10.3 Å². The summed E-state index contributed by atoms with van der Waals surface area (Å²) in [6.07, 6.45) is 4.48. The molecule has 7 nitrogen and oxygen atoms in total. The Balaban J connectivity index is 1.58. The summed E-state index contributed by atoms with van der Waals surface area (Å²) in [5.41, 5.74) is 5.84. The molecule has 0 radical (unpaired) electrons. The Kier molecular flexibility index (Phi) is 4.76. The molecule has 7 heteroatoms. The molecule has 1 unspecified atom stereocenters. The molecule has 124 valence electrons. The molecule has 0 saturated carbocycles. The maximum Gasteiger partial charge on any atom is 0.252 e. The molecular weight excluding hydrogens is 294 g/mol. The van der Waals surface area contributed by atoms with Gasteiger partial charge in [-0.2, -0.15) is 0 Å². The van der Waals surface area contributed by atoms with E-state index in [4.69, 9.17) is 5.73 Å². The Hall–Kier alpha value is -2.15. The fraction of sp³-hybridized carbons (Fsp3) is 0.562. The Labute approximate surface area is 135 Å². The van der Waals surface area contributed by atoms with Crippen LogP contribution in [0, 0.1) is 0 Å². The third-order valence-corrected chi connectivity index (χ3v) is 4.57. The van der Waals surface area contributed by atoms with Crippen molar-refractivity contribution in [3.63, 3.8) is 0 Å². The van der Waals surface area contributed by atoms with Gasteiger partial charge in [-0.3, -0.25) is 9.59 Å². The molecule has 1 atom stereocenters. The van der Waals surface area contributed by atoms with Gasteiger partial charge in [-0.25, -0.2) is 4.98 Å². The maximum atomic E-state index is 12.4.